The van der Waals surface area contributed by atoms with Crippen molar-refractivity contribution < 1.29 is 5.11 Å². The lowest BCUT2D eigenvalue weighted by atomic mass is 10.2. The molecule has 5 heteroatoms. The quantitative estimate of drug-likeness (QED) is 0.737. The molecule has 0 spiro atoms. The van der Waals surface area contributed by atoms with E-state index in [1.807, 2.05) is 12.3 Å². The second kappa shape index (κ2) is 3.94. The normalized spacial score (nSPS) is 23.3. The summed E-state index contributed by atoms with van der Waals surface area (Å²) in [7, 11) is 0. The van der Waals surface area contributed by atoms with E-state index in [2.05, 4.69) is 15.2 Å². The number of hydrogen-bond donors (Lipinski definition) is 2. The molecule has 2 N–H and O–H groups in total. The summed E-state index contributed by atoms with van der Waals surface area (Å²) in [4.78, 5) is 6.23. The van der Waals surface area contributed by atoms with Crippen LogP contribution in [-0.4, -0.2) is 41.2 Å². The largest absolute Gasteiger partial charge is 0.369 e. The van der Waals surface area contributed by atoms with Crippen LogP contribution in [0.5, 0.6) is 0 Å². The monoisotopic (exact) mass is 213 g/mol. The van der Waals surface area contributed by atoms with Crippen molar-refractivity contribution in [3.8, 4) is 0 Å². The van der Waals surface area contributed by atoms with Gasteiger partial charge in [0.05, 0.1) is 0 Å². The molecule has 0 aliphatic carbocycles. The third-order valence-corrected chi connectivity index (χ3v) is 3.54. The van der Waals surface area contributed by atoms with Crippen molar-refractivity contribution >= 4 is 11.3 Å². The van der Waals surface area contributed by atoms with E-state index in [0.29, 0.717) is 0 Å². The predicted octanol–water partition coefficient (Wildman–Crippen LogP) is 0.213. The summed E-state index contributed by atoms with van der Waals surface area (Å²) in [6, 6.07) is 0. The van der Waals surface area contributed by atoms with Gasteiger partial charge in [0.15, 0.2) is 5.72 Å². The number of nitrogens with one attached hydrogen (secondary N) is 1. The highest BCUT2D eigenvalue weighted by Gasteiger charge is 2.33. The van der Waals surface area contributed by atoms with Gasteiger partial charge in [-0.25, -0.2) is 4.98 Å². The fraction of sp³-hybridized carbons (Fsp3) is 0.667. The van der Waals surface area contributed by atoms with Gasteiger partial charge in [-0.2, -0.15) is 0 Å². The maximum atomic E-state index is 10.3. The summed E-state index contributed by atoms with van der Waals surface area (Å²) in [5.41, 5.74) is -0.906. The number of thiazole rings is 1. The van der Waals surface area contributed by atoms with Crippen molar-refractivity contribution in [3.05, 3.63) is 16.6 Å². The Morgan fingerprint density at radius 2 is 2.29 bits per heavy atom. The van der Waals surface area contributed by atoms with Crippen LogP contribution in [0.2, 0.25) is 0 Å². The third-order valence-electron chi connectivity index (χ3n) is 2.57. The zero-order valence-corrected chi connectivity index (χ0v) is 9.05. The van der Waals surface area contributed by atoms with E-state index < -0.39 is 5.72 Å². The molecule has 1 fully saturated rings. The van der Waals surface area contributed by atoms with Crippen molar-refractivity contribution in [2.45, 2.75) is 12.6 Å². The maximum absolute atomic E-state index is 10.3. The first-order chi connectivity index (χ1) is 6.71. The first-order valence-electron chi connectivity index (χ1n) is 4.79. The summed E-state index contributed by atoms with van der Waals surface area (Å²) in [6.45, 7) is 5.42. The Labute approximate surface area is 87.6 Å². The summed E-state index contributed by atoms with van der Waals surface area (Å²) >= 11 is 1.50. The molecule has 0 aromatic carbocycles. The molecule has 0 saturated carbocycles. The lowest BCUT2D eigenvalue weighted by Gasteiger charge is -2.38. The van der Waals surface area contributed by atoms with E-state index in [4.69, 9.17) is 0 Å². The molecule has 0 bridgehead atoms. The van der Waals surface area contributed by atoms with E-state index in [1.54, 1.807) is 6.20 Å². The van der Waals surface area contributed by atoms with Crippen molar-refractivity contribution in [3.63, 3.8) is 0 Å². The molecule has 2 heterocycles. The van der Waals surface area contributed by atoms with Crippen molar-refractivity contribution in [2.75, 3.05) is 26.2 Å². The fourth-order valence-corrected chi connectivity index (χ4v) is 2.42. The number of nitrogens with zero attached hydrogens (tertiary/aromatic N) is 2. The minimum absolute atomic E-state index is 0.777. The van der Waals surface area contributed by atoms with Gasteiger partial charge in [-0.15, -0.1) is 11.3 Å². The van der Waals surface area contributed by atoms with Crippen LogP contribution in [0.1, 0.15) is 11.9 Å². The summed E-state index contributed by atoms with van der Waals surface area (Å²) in [5, 5.41) is 16.3. The standard InChI is InChI=1S/C9H15N3OS/c1-9(13,8-11-4-7-14-8)12-5-2-10-3-6-12/h4,7,10,13H,2-3,5-6H2,1H3. The highest BCUT2D eigenvalue weighted by atomic mass is 32.1. The van der Waals surface area contributed by atoms with Crippen LogP contribution in [0.25, 0.3) is 0 Å². The third kappa shape index (κ3) is 1.81. The summed E-state index contributed by atoms with van der Waals surface area (Å²) in [6.07, 6.45) is 1.73. The second-order valence-electron chi connectivity index (χ2n) is 3.60. The molecule has 1 aliphatic rings. The second-order valence-corrected chi connectivity index (χ2v) is 4.49. The van der Waals surface area contributed by atoms with Crippen LogP contribution in [0.3, 0.4) is 0 Å². The summed E-state index contributed by atoms with van der Waals surface area (Å²) in [5.74, 6) is 0. The lowest BCUT2D eigenvalue weighted by Crippen LogP contribution is -2.53. The number of rotatable bonds is 2. The van der Waals surface area contributed by atoms with Gasteiger partial charge in [-0.3, -0.25) is 4.90 Å². The molecule has 14 heavy (non-hydrogen) atoms. The average Bonchev–Trinajstić information content (AvgIpc) is 2.72. The van der Waals surface area contributed by atoms with Gasteiger partial charge in [-0.1, -0.05) is 0 Å². The van der Waals surface area contributed by atoms with Crippen LogP contribution in [0.4, 0.5) is 0 Å². The van der Waals surface area contributed by atoms with Gasteiger partial charge < -0.3 is 10.4 Å². The van der Waals surface area contributed by atoms with Gasteiger partial charge in [0, 0.05) is 37.8 Å². The Bertz CT molecular complexity index is 280. The van der Waals surface area contributed by atoms with Gasteiger partial charge in [-0.05, 0) is 6.92 Å². The lowest BCUT2D eigenvalue weighted by molar-refractivity contribution is -0.105. The molecule has 1 saturated heterocycles. The van der Waals surface area contributed by atoms with Gasteiger partial charge in [0.1, 0.15) is 5.01 Å². The van der Waals surface area contributed by atoms with Crippen LogP contribution < -0.4 is 5.32 Å². The van der Waals surface area contributed by atoms with E-state index in [9.17, 15) is 5.11 Å². The molecule has 0 radical (unpaired) electrons. The molecule has 4 nitrogen and oxygen atoms in total. The number of piperazine rings is 1. The zero-order chi connectivity index (χ0) is 10.0. The van der Waals surface area contributed by atoms with Crippen molar-refractivity contribution in [2.24, 2.45) is 0 Å². The van der Waals surface area contributed by atoms with Crippen LogP contribution in [0.15, 0.2) is 11.6 Å². The number of hydrogen-bond acceptors (Lipinski definition) is 5. The Morgan fingerprint density at radius 1 is 1.57 bits per heavy atom. The molecular weight excluding hydrogens is 198 g/mol. The molecule has 2 rings (SSSR count). The van der Waals surface area contributed by atoms with Gasteiger partial charge in [0.2, 0.25) is 0 Å². The maximum Gasteiger partial charge on any atom is 0.168 e. The first-order valence-corrected chi connectivity index (χ1v) is 5.67. The van der Waals surface area contributed by atoms with Crippen LogP contribution in [0, 0.1) is 0 Å². The van der Waals surface area contributed by atoms with E-state index in [-0.39, 0.29) is 0 Å². The Morgan fingerprint density at radius 3 is 2.86 bits per heavy atom. The minimum Gasteiger partial charge on any atom is -0.369 e. The number of aliphatic hydroxyl groups is 1. The Balaban J connectivity index is 2.14. The molecule has 1 atom stereocenters. The van der Waals surface area contributed by atoms with Gasteiger partial charge in [0.25, 0.3) is 0 Å². The molecular formula is C9H15N3OS. The van der Waals surface area contributed by atoms with E-state index in [0.717, 1.165) is 31.2 Å². The molecule has 1 aliphatic heterocycles. The molecule has 0 amide bonds. The molecule has 78 valence electrons. The highest BCUT2D eigenvalue weighted by molar-refractivity contribution is 7.09. The SMILES string of the molecule is CC(O)(c1nccs1)N1CCNCC1. The Hall–Kier alpha value is -0.490. The predicted molar refractivity (Wildman–Crippen MR) is 56.1 cm³/mol. The fourth-order valence-electron chi connectivity index (χ4n) is 1.69. The smallest absolute Gasteiger partial charge is 0.168 e. The zero-order valence-electron chi connectivity index (χ0n) is 8.23. The topological polar surface area (TPSA) is 48.4 Å². The highest BCUT2D eigenvalue weighted by Crippen LogP contribution is 2.26. The van der Waals surface area contributed by atoms with E-state index in [1.165, 1.54) is 11.3 Å². The summed E-state index contributed by atoms with van der Waals surface area (Å²) < 4.78 is 0. The molecule has 1 aromatic heterocycles. The van der Waals surface area contributed by atoms with E-state index >= 15 is 0 Å². The minimum atomic E-state index is -0.906. The Kier molecular flexibility index (Phi) is 2.83. The molecule has 1 unspecified atom stereocenters. The number of aromatic nitrogens is 1. The van der Waals surface area contributed by atoms with Crippen LogP contribution in [-0.2, 0) is 5.72 Å². The average molecular weight is 213 g/mol. The first kappa shape index (κ1) is 10.0. The van der Waals surface area contributed by atoms with Gasteiger partial charge >= 0.3 is 0 Å². The van der Waals surface area contributed by atoms with Crippen molar-refractivity contribution in [1.82, 2.24) is 15.2 Å². The molecule has 1 aromatic rings. The van der Waals surface area contributed by atoms with Crippen molar-refractivity contribution in [1.29, 1.82) is 0 Å². The van der Waals surface area contributed by atoms with Crippen LogP contribution >= 0.6 is 11.3 Å².